The smallest absolute Gasteiger partial charge is 0.113 e. The van der Waals surface area contributed by atoms with Crippen LogP contribution >= 0.6 is 0 Å². The normalized spacial score (nSPS) is 36.9. The van der Waals surface area contributed by atoms with Gasteiger partial charge >= 0.3 is 0 Å². The highest BCUT2D eigenvalue weighted by molar-refractivity contribution is 4.87. The van der Waals surface area contributed by atoms with Crippen LogP contribution in [0.25, 0.3) is 0 Å². The van der Waals surface area contributed by atoms with E-state index in [-0.39, 0.29) is 0 Å². The molecule has 0 spiro atoms. The fourth-order valence-corrected chi connectivity index (χ4v) is 2.63. The number of nitrogens with zero attached hydrogens (tertiary/aromatic N) is 1. The maximum Gasteiger partial charge on any atom is 0.113 e. The number of hydrogen-bond donors (Lipinski definition) is 0. The Morgan fingerprint density at radius 3 is 2.54 bits per heavy atom. The van der Waals surface area contributed by atoms with Gasteiger partial charge in [-0.3, -0.25) is 0 Å². The Bertz CT molecular complexity index is 158. The predicted molar refractivity (Wildman–Crippen MR) is 54.6 cm³/mol. The number of piperidine rings is 1. The molecule has 1 nitrogen and oxygen atoms in total. The quantitative estimate of drug-likeness (QED) is 0.642. The molecule has 1 heterocycles. The van der Waals surface area contributed by atoms with Gasteiger partial charge in [0, 0.05) is 12.6 Å². The van der Waals surface area contributed by atoms with Crippen molar-refractivity contribution in [1.29, 1.82) is 0 Å². The molecule has 0 aromatic rings. The zero-order valence-corrected chi connectivity index (χ0v) is 9.26. The topological polar surface area (TPSA) is 3.24 Å². The van der Waals surface area contributed by atoms with Crippen LogP contribution in [0, 0.1) is 11.8 Å². The van der Waals surface area contributed by atoms with Crippen molar-refractivity contribution >= 4 is 0 Å². The first-order valence-electron chi connectivity index (χ1n) is 5.40. The van der Waals surface area contributed by atoms with Crippen LogP contribution < -0.4 is 0 Å². The van der Waals surface area contributed by atoms with Crippen molar-refractivity contribution in [2.45, 2.75) is 45.8 Å². The summed E-state index contributed by atoms with van der Waals surface area (Å²) in [4.78, 5) is 2.19. The lowest BCUT2D eigenvalue weighted by atomic mass is 9.79. The molecule has 0 radical (unpaired) electrons. The maximum atomic E-state index is 13.3. The molecule has 0 amide bonds. The number of hydrogen-bond acceptors (Lipinski definition) is 1. The van der Waals surface area contributed by atoms with Crippen molar-refractivity contribution in [1.82, 2.24) is 4.90 Å². The van der Waals surface area contributed by atoms with Crippen LogP contribution in [0.4, 0.5) is 4.39 Å². The summed E-state index contributed by atoms with van der Waals surface area (Å²) in [5.41, 5.74) is 0. The largest absolute Gasteiger partial charge is 0.300 e. The number of alkyl halides is 1. The molecule has 1 aliphatic rings. The second-order valence-corrected chi connectivity index (χ2v) is 4.66. The highest BCUT2D eigenvalue weighted by atomic mass is 19.1. The summed E-state index contributed by atoms with van der Waals surface area (Å²) in [6.45, 7) is 7.25. The van der Waals surface area contributed by atoms with Crippen LogP contribution in [0.5, 0.6) is 0 Å². The molecule has 2 heteroatoms. The lowest BCUT2D eigenvalue weighted by molar-refractivity contribution is 0.0345. The number of halogens is 1. The summed E-state index contributed by atoms with van der Waals surface area (Å²) in [5, 5.41) is 0. The third-order valence-corrected chi connectivity index (χ3v) is 3.35. The van der Waals surface area contributed by atoms with Crippen LogP contribution in [0.1, 0.15) is 33.6 Å². The van der Waals surface area contributed by atoms with Crippen LogP contribution in [-0.2, 0) is 0 Å². The molecule has 0 bridgehead atoms. The first-order chi connectivity index (χ1) is 6.06. The van der Waals surface area contributed by atoms with E-state index in [4.69, 9.17) is 0 Å². The first kappa shape index (κ1) is 11.0. The first-order valence-corrected chi connectivity index (χ1v) is 5.40. The lowest BCUT2D eigenvalue weighted by Gasteiger charge is -2.42. The predicted octanol–water partition coefficient (Wildman–Crippen LogP) is 2.71. The molecule has 0 aromatic carbocycles. The second-order valence-electron chi connectivity index (χ2n) is 4.66. The van der Waals surface area contributed by atoms with Gasteiger partial charge in [-0.2, -0.15) is 0 Å². The summed E-state index contributed by atoms with van der Waals surface area (Å²) >= 11 is 0. The van der Waals surface area contributed by atoms with Gasteiger partial charge in [0.15, 0.2) is 0 Å². The molecule has 0 aliphatic carbocycles. The van der Waals surface area contributed by atoms with E-state index in [1.807, 2.05) is 0 Å². The van der Waals surface area contributed by atoms with Crippen molar-refractivity contribution < 1.29 is 4.39 Å². The second kappa shape index (κ2) is 4.41. The third-order valence-electron chi connectivity index (χ3n) is 3.35. The number of rotatable bonds is 2. The maximum absolute atomic E-state index is 13.3. The molecule has 1 rings (SSSR count). The molecular weight excluding hydrogens is 165 g/mol. The number of likely N-dealkylation sites (tertiary alicyclic amines) is 1. The summed E-state index contributed by atoms with van der Waals surface area (Å²) in [6, 6.07) is 0.590. The van der Waals surface area contributed by atoms with Gasteiger partial charge in [-0.1, -0.05) is 20.8 Å². The minimum absolute atomic E-state index is 0.541. The molecule has 1 aliphatic heterocycles. The summed E-state index contributed by atoms with van der Waals surface area (Å²) in [5.74, 6) is 1.14. The summed E-state index contributed by atoms with van der Waals surface area (Å²) in [6.07, 6.45) is 1.30. The molecular formula is C11H22FN. The highest BCUT2D eigenvalue weighted by Gasteiger charge is 2.34. The SMILES string of the molecule is CCC1C(C(C)C)CC(F)CN1C. The van der Waals surface area contributed by atoms with Crippen molar-refractivity contribution in [2.24, 2.45) is 11.8 Å². The minimum atomic E-state index is -0.611. The van der Waals surface area contributed by atoms with Crippen molar-refractivity contribution in [3.63, 3.8) is 0 Å². The fourth-order valence-electron chi connectivity index (χ4n) is 2.63. The van der Waals surface area contributed by atoms with E-state index in [0.717, 1.165) is 12.8 Å². The Labute approximate surface area is 81.3 Å². The molecule has 0 saturated carbocycles. The molecule has 1 saturated heterocycles. The van der Waals surface area contributed by atoms with Crippen LogP contribution in [0.3, 0.4) is 0 Å². The zero-order chi connectivity index (χ0) is 10.0. The molecule has 3 unspecified atom stereocenters. The summed E-state index contributed by atoms with van der Waals surface area (Å²) < 4.78 is 13.3. The van der Waals surface area contributed by atoms with E-state index in [1.165, 1.54) is 0 Å². The van der Waals surface area contributed by atoms with Crippen molar-refractivity contribution in [2.75, 3.05) is 13.6 Å². The average molecular weight is 187 g/mol. The van der Waals surface area contributed by atoms with Gasteiger partial charge in [-0.25, -0.2) is 4.39 Å². The van der Waals surface area contributed by atoms with E-state index in [9.17, 15) is 4.39 Å². The monoisotopic (exact) mass is 187 g/mol. The molecule has 78 valence electrons. The van der Waals surface area contributed by atoms with E-state index in [0.29, 0.717) is 24.4 Å². The van der Waals surface area contributed by atoms with Gasteiger partial charge in [0.25, 0.3) is 0 Å². The molecule has 3 atom stereocenters. The van der Waals surface area contributed by atoms with E-state index in [1.54, 1.807) is 0 Å². The Hall–Kier alpha value is -0.110. The Kier molecular flexibility index (Phi) is 3.72. The van der Waals surface area contributed by atoms with E-state index in [2.05, 4.69) is 32.7 Å². The zero-order valence-electron chi connectivity index (χ0n) is 9.26. The molecule has 1 fully saturated rings. The third kappa shape index (κ3) is 2.43. The molecule has 0 N–H and O–H groups in total. The lowest BCUT2D eigenvalue weighted by Crippen LogP contribution is -2.48. The minimum Gasteiger partial charge on any atom is -0.300 e. The van der Waals surface area contributed by atoms with Gasteiger partial charge < -0.3 is 4.90 Å². The van der Waals surface area contributed by atoms with Gasteiger partial charge in [0.1, 0.15) is 6.17 Å². The van der Waals surface area contributed by atoms with Crippen molar-refractivity contribution in [3.05, 3.63) is 0 Å². The van der Waals surface area contributed by atoms with Crippen molar-refractivity contribution in [3.8, 4) is 0 Å². The Morgan fingerprint density at radius 1 is 1.46 bits per heavy atom. The van der Waals surface area contributed by atoms with Crippen LogP contribution in [0.15, 0.2) is 0 Å². The van der Waals surface area contributed by atoms with Gasteiger partial charge in [0.05, 0.1) is 0 Å². The van der Waals surface area contributed by atoms with Gasteiger partial charge in [-0.15, -0.1) is 0 Å². The highest BCUT2D eigenvalue weighted by Crippen LogP contribution is 2.31. The average Bonchev–Trinajstić information content (AvgIpc) is 2.02. The molecule has 13 heavy (non-hydrogen) atoms. The van der Waals surface area contributed by atoms with E-state index < -0.39 is 6.17 Å². The fraction of sp³-hybridized carbons (Fsp3) is 1.00. The van der Waals surface area contributed by atoms with Gasteiger partial charge in [0.2, 0.25) is 0 Å². The molecule has 0 aromatic heterocycles. The van der Waals surface area contributed by atoms with Gasteiger partial charge in [-0.05, 0) is 31.7 Å². The van der Waals surface area contributed by atoms with E-state index >= 15 is 0 Å². The Balaban J connectivity index is 2.66. The van der Waals surface area contributed by atoms with Crippen LogP contribution in [-0.4, -0.2) is 30.7 Å². The Morgan fingerprint density at radius 2 is 2.08 bits per heavy atom. The summed E-state index contributed by atoms with van der Waals surface area (Å²) in [7, 11) is 2.05. The standard InChI is InChI=1S/C11H22FN/c1-5-11-10(8(2)3)6-9(12)7-13(11)4/h8-11H,5-7H2,1-4H3. The van der Waals surface area contributed by atoms with Crippen LogP contribution in [0.2, 0.25) is 0 Å².